The van der Waals surface area contributed by atoms with E-state index in [9.17, 15) is 4.79 Å². The summed E-state index contributed by atoms with van der Waals surface area (Å²) in [5.74, 6) is 0.832. The first-order chi connectivity index (χ1) is 11.5. The van der Waals surface area contributed by atoms with E-state index in [0.29, 0.717) is 25.1 Å². The maximum Gasteiger partial charge on any atom is 0.232 e. The second-order valence-electron chi connectivity index (χ2n) is 6.82. The highest BCUT2D eigenvalue weighted by Gasteiger charge is 2.49. The fourth-order valence-corrected chi connectivity index (χ4v) is 3.93. The quantitative estimate of drug-likeness (QED) is 0.918. The van der Waals surface area contributed by atoms with Crippen molar-refractivity contribution in [3.63, 3.8) is 0 Å². The average molecular weight is 329 g/mol. The van der Waals surface area contributed by atoms with Crippen molar-refractivity contribution in [3.05, 3.63) is 35.9 Å². The van der Waals surface area contributed by atoms with Crippen LogP contribution in [-0.4, -0.2) is 55.0 Å². The lowest BCUT2D eigenvalue weighted by atomic mass is 9.74. The van der Waals surface area contributed by atoms with Gasteiger partial charge in [0.1, 0.15) is 5.84 Å². The Morgan fingerprint density at radius 2 is 1.92 bits per heavy atom. The van der Waals surface area contributed by atoms with Gasteiger partial charge in [0, 0.05) is 30.2 Å². The Hall–Kier alpha value is -1.72. The smallest absolute Gasteiger partial charge is 0.232 e. The van der Waals surface area contributed by atoms with Gasteiger partial charge in [0.2, 0.25) is 5.91 Å². The second-order valence-corrected chi connectivity index (χ2v) is 6.82. The molecule has 1 N–H and O–H groups in total. The molecule has 0 saturated carbocycles. The van der Waals surface area contributed by atoms with Crippen molar-refractivity contribution in [1.29, 1.82) is 0 Å². The van der Waals surface area contributed by atoms with Crippen molar-refractivity contribution in [2.75, 3.05) is 20.3 Å². The lowest BCUT2D eigenvalue weighted by Crippen LogP contribution is -2.64. The molecule has 5 heteroatoms. The van der Waals surface area contributed by atoms with Gasteiger partial charge in [-0.25, -0.2) is 0 Å². The lowest BCUT2D eigenvalue weighted by Gasteiger charge is -2.50. The van der Waals surface area contributed by atoms with Crippen LogP contribution in [0.25, 0.3) is 0 Å². The Morgan fingerprint density at radius 3 is 2.58 bits per heavy atom. The molecule has 5 nitrogen and oxygen atoms in total. The lowest BCUT2D eigenvalue weighted by molar-refractivity contribution is -0.132. The highest BCUT2D eigenvalue weighted by molar-refractivity contribution is 6.10. The highest BCUT2D eigenvalue weighted by atomic mass is 16.5. The Labute approximate surface area is 144 Å². The van der Waals surface area contributed by atoms with Gasteiger partial charge in [0.05, 0.1) is 18.6 Å². The van der Waals surface area contributed by atoms with Crippen LogP contribution in [0.5, 0.6) is 0 Å². The number of amidine groups is 1. The zero-order valence-electron chi connectivity index (χ0n) is 14.9. The van der Waals surface area contributed by atoms with E-state index in [-0.39, 0.29) is 29.8 Å². The van der Waals surface area contributed by atoms with Gasteiger partial charge in [0.15, 0.2) is 0 Å². The number of nitrogens with one attached hydrogen (secondary N) is 1. The highest BCUT2D eigenvalue weighted by Crippen LogP contribution is 2.36. The number of carbonyl (C=O) groups is 1. The molecule has 130 valence electrons. The van der Waals surface area contributed by atoms with Crippen LogP contribution in [0.1, 0.15) is 26.3 Å². The second kappa shape index (κ2) is 7.03. The monoisotopic (exact) mass is 329 g/mol. The molecule has 5 atom stereocenters. The molecule has 0 aromatic heterocycles. The molecule has 4 unspecified atom stereocenters. The van der Waals surface area contributed by atoms with E-state index < -0.39 is 0 Å². The molecule has 2 aliphatic rings. The fraction of sp³-hybridized carbons (Fsp3) is 0.579. The zero-order chi connectivity index (χ0) is 17.3. The minimum absolute atomic E-state index is 0.0401. The molecule has 0 bridgehead atoms. The third-order valence-corrected chi connectivity index (χ3v) is 5.61. The summed E-state index contributed by atoms with van der Waals surface area (Å²) in [6.07, 6.45) is 0. The van der Waals surface area contributed by atoms with E-state index in [0.717, 1.165) is 5.56 Å². The third-order valence-electron chi connectivity index (χ3n) is 5.61. The Balaban J connectivity index is 1.98. The van der Waals surface area contributed by atoms with E-state index in [1.54, 1.807) is 0 Å². The molecule has 2 heterocycles. The van der Waals surface area contributed by atoms with Gasteiger partial charge in [-0.2, -0.15) is 0 Å². The van der Waals surface area contributed by atoms with Crippen LogP contribution < -0.4 is 5.32 Å². The van der Waals surface area contributed by atoms with Crippen LogP contribution in [0.15, 0.2) is 35.3 Å². The summed E-state index contributed by atoms with van der Waals surface area (Å²) in [4.78, 5) is 20.1. The van der Waals surface area contributed by atoms with Crippen LogP contribution >= 0.6 is 0 Å². The number of likely N-dealkylation sites (tertiary alicyclic amines) is 1. The Kier molecular flexibility index (Phi) is 5.01. The van der Waals surface area contributed by atoms with E-state index >= 15 is 0 Å². The maximum absolute atomic E-state index is 12.8. The molecule has 1 aromatic rings. The summed E-state index contributed by atoms with van der Waals surface area (Å²) >= 11 is 0. The van der Waals surface area contributed by atoms with Gasteiger partial charge < -0.3 is 10.1 Å². The van der Waals surface area contributed by atoms with Gasteiger partial charge in [-0.3, -0.25) is 14.7 Å². The van der Waals surface area contributed by atoms with Crippen molar-refractivity contribution in [1.82, 2.24) is 10.2 Å². The summed E-state index contributed by atoms with van der Waals surface area (Å²) in [5.41, 5.74) is 0.957. The molecule has 2 aliphatic heterocycles. The van der Waals surface area contributed by atoms with Crippen molar-refractivity contribution in [3.8, 4) is 0 Å². The molecule has 1 saturated heterocycles. The number of aliphatic imine (C=N–C) groups is 1. The number of amides is 1. The minimum atomic E-state index is -0.135. The van der Waals surface area contributed by atoms with Crippen LogP contribution in [-0.2, 0) is 9.53 Å². The first-order valence-corrected chi connectivity index (χ1v) is 8.78. The molecule has 1 amide bonds. The van der Waals surface area contributed by atoms with Crippen LogP contribution in [0.4, 0.5) is 0 Å². The fourth-order valence-electron chi connectivity index (χ4n) is 3.93. The number of fused-ring (bicyclic) bond motifs is 1. The standard InChI is InChI=1S/C19H27N3O2/c1-5-24-11-15-12(2)22(4)13(3)16-17(15)20-18(21-19(16)23)14-9-7-6-8-10-14/h6-10,12-13,15-17H,5,11H2,1-4H3,(H,20,21,23)/t12-,13?,15?,16?,17?/m0/s1. The van der Waals surface area contributed by atoms with Crippen molar-refractivity contribution < 1.29 is 9.53 Å². The molecule has 0 aliphatic carbocycles. The Bertz CT molecular complexity index is 616. The molecule has 0 spiro atoms. The van der Waals surface area contributed by atoms with Crippen LogP contribution in [0.3, 0.4) is 0 Å². The minimum Gasteiger partial charge on any atom is -0.381 e. The third kappa shape index (κ3) is 2.98. The predicted octanol–water partition coefficient (Wildman–Crippen LogP) is 1.92. The van der Waals surface area contributed by atoms with Gasteiger partial charge in [0.25, 0.3) is 0 Å². The average Bonchev–Trinajstić information content (AvgIpc) is 2.60. The van der Waals surface area contributed by atoms with E-state index in [4.69, 9.17) is 9.73 Å². The first-order valence-electron chi connectivity index (χ1n) is 8.78. The molecular weight excluding hydrogens is 302 g/mol. The zero-order valence-corrected chi connectivity index (χ0v) is 14.9. The summed E-state index contributed by atoms with van der Waals surface area (Å²) in [7, 11) is 2.09. The van der Waals surface area contributed by atoms with Gasteiger partial charge in [-0.15, -0.1) is 0 Å². The Morgan fingerprint density at radius 1 is 1.21 bits per heavy atom. The number of piperidine rings is 1. The van der Waals surface area contributed by atoms with Gasteiger partial charge in [-0.05, 0) is 27.8 Å². The number of carbonyl (C=O) groups excluding carboxylic acids is 1. The predicted molar refractivity (Wildman–Crippen MR) is 95.1 cm³/mol. The van der Waals surface area contributed by atoms with E-state index in [2.05, 4.69) is 31.1 Å². The normalized spacial score (nSPS) is 33.6. The maximum atomic E-state index is 12.8. The summed E-state index contributed by atoms with van der Waals surface area (Å²) in [6, 6.07) is 10.3. The van der Waals surface area contributed by atoms with Crippen molar-refractivity contribution >= 4 is 11.7 Å². The number of nitrogens with zero attached hydrogens (tertiary/aromatic N) is 2. The molecule has 3 rings (SSSR count). The van der Waals surface area contributed by atoms with Gasteiger partial charge in [-0.1, -0.05) is 30.3 Å². The number of benzene rings is 1. The summed E-state index contributed by atoms with van der Waals surface area (Å²) < 4.78 is 5.72. The molecular formula is C19H27N3O2. The van der Waals surface area contributed by atoms with Gasteiger partial charge >= 0.3 is 0 Å². The molecule has 24 heavy (non-hydrogen) atoms. The molecule has 1 fully saturated rings. The number of hydrogen-bond acceptors (Lipinski definition) is 4. The van der Waals surface area contributed by atoms with Crippen LogP contribution in [0.2, 0.25) is 0 Å². The largest absolute Gasteiger partial charge is 0.381 e. The summed E-state index contributed by atoms with van der Waals surface area (Å²) in [5, 5.41) is 3.02. The number of ether oxygens (including phenoxy) is 1. The SMILES string of the molecule is CCOCC1C2N=C(c3ccccc3)NC(=O)C2C(C)N(C)[C@H]1C. The summed E-state index contributed by atoms with van der Waals surface area (Å²) in [6.45, 7) is 7.65. The molecule has 1 aromatic carbocycles. The van der Waals surface area contributed by atoms with Crippen molar-refractivity contribution in [2.24, 2.45) is 16.8 Å². The number of rotatable bonds is 4. The topological polar surface area (TPSA) is 53.9 Å². The molecule has 0 radical (unpaired) electrons. The van der Waals surface area contributed by atoms with E-state index in [1.807, 2.05) is 37.3 Å². The first kappa shape index (κ1) is 17.1. The number of hydrogen-bond donors (Lipinski definition) is 1. The van der Waals surface area contributed by atoms with Crippen molar-refractivity contribution in [2.45, 2.75) is 38.9 Å². The van der Waals surface area contributed by atoms with Crippen LogP contribution in [0, 0.1) is 11.8 Å². The van der Waals surface area contributed by atoms with E-state index in [1.165, 1.54) is 0 Å².